The Hall–Kier alpha value is -4.54. The third-order valence-corrected chi connectivity index (χ3v) is 7.60. The Morgan fingerprint density at radius 2 is 1.52 bits per heavy atom. The number of nitrogens with one attached hydrogen (secondary N) is 3. The van der Waals surface area contributed by atoms with Crippen molar-refractivity contribution >= 4 is 23.9 Å². The Morgan fingerprint density at radius 3 is 2.20 bits per heavy atom. The number of amides is 3. The van der Waals surface area contributed by atoms with Gasteiger partial charge < -0.3 is 20.1 Å². The summed E-state index contributed by atoms with van der Waals surface area (Å²) in [6, 6.07) is 24.4. The Labute approximate surface area is 271 Å². The highest BCUT2D eigenvalue weighted by atomic mass is 16.5. The number of hydrogen-bond donors (Lipinski definition) is 3. The fourth-order valence-electron chi connectivity index (χ4n) is 5.04. The maximum absolute atomic E-state index is 13.6. The van der Waals surface area contributed by atoms with E-state index in [1.807, 2.05) is 50.2 Å². The number of ether oxygens (including phenoxy) is 2. The van der Waals surface area contributed by atoms with Gasteiger partial charge in [-0.3, -0.25) is 19.3 Å². The molecular formula is C36H45N5O5. The van der Waals surface area contributed by atoms with E-state index in [4.69, 9.17) is 9.47 Å². The van der Waals surface area contributed by atoms with Gasteiger partial charge in [-0.15, -0.1) is 0 Å². The van der Waals surface area contributed by atoms with Crippen LogP contribution in [0.4, 0.5) is 0 Å². The lowest BCUT2D eigenvalue weighted by Gasteiger charge is -2.26. The summed E-state index contributed by atoms with van der Waals surface area (Å²) in [6.07, 6.45) is 3.23. The molecule has 3 aromatic carbocycles. The van der Waals surface area contributed by atoms with Crippen LogP contribution >= 0.6 is 0 Å². The Bertz CT molecular complexity index is 1390. The van der Waals surface area contributed by atoms with E-state index in [-0.39, 0.29) is 23.6 Å². The Balaban J connectivity index is 1.36. The topological polar surface area (TPSA) is 121 Å². The van der Waals surface area contributed by atoms with E-state index in [2.05, 4.69) is 26.1 Å². The first-order valence-electron chi connectivity index (χ1n) is 15.9. The molecule has 0 saturated carbocycles. The van der Waals surface area contributed by atoms with Gasteiger partial charge in [-0.1, -0.05) is 62.4 Å². The highest BCUT2D eigenvalue weighted by Crippen LogP contribution is 2.14. The van der Waals surface area contributed by atoms with Crippen molar-refractivity contribution in [3.63, 3.8) is 0 Å². The van der Waals surface area contributed by atoms with Crippen molar-refractivity contribution in [1.82, 2.24) is 21.0 Å². The van der Waals surface area contributed by atoms with Crippen molar-refractivity contribution in [3.8, 4) is 5.75 Å². The van der Waals surface area contributed by atoms with Crippen LogP contribution in [0.15, 0.2) is 90.0 Å². The van der Waals surface area contributed by atoms with E-state index in [1.54, 1.807) is 48.5 Å². The molecule has 1 fully saturated rings. The maximum atomic E-state index is 13.6. The molecular weight excluding hydrogens is 582 g/mol. The van der Waals surface area contributed by atoms with Crippen LogP contribution in [0.3, 0.4) is 0 Å². The molecule has 1 heterocycles. The molecule has 1 aliphatic heterocycles. The molecule has 0 radical (unpaired) electrons. The van der Waals surface area contributed by atoms with Crippen LogP contribution in [-0.2, 0) is 16.0 Å². The first-order chi connectivity index (χ1) is 22.4. The van der Waals surface area contributed by atoms with Crippen molar-refractivity contribution in [2.45, 2.75) is 45.2 Å². The van der Waals surface area contributed by atoms with Gasteiger partial charge in [0.1, 0.15) is 18.4 Å². The third kappa shape index (κ3) is 11.8. The molecule has 244 valence electrons. The van der Waals surface area contributed by atoms with Crippen molar-refractivity contribution in [3.05, 3.63) is 102 Å². The molecule has 1 saturated heterocycles. The predicted octanol–water partition coefficient (Wildman–Crippen LogP) is 4.08. The van der Waals surface area contributed by atoms with Crippen LogP contribution in [0, 0.1) is 5.92 Å². The van der Waals surface area contributed by atoms with Gasteiger partial charge in [-0.25, -0.2) is 5.43 Å². The summed E-state index contributed by atoms with van der Waals surface area (Å²) < 4.78 is 11.3. The number of aryl methyl sites for hydroxylation is 1. The molecule has 1 aliphatic rings. The van der Waals surface area contributed by atoms with Gasteiger partial charge in [0.15, 0.2) is 0 Å². The second kappa shape index (κ2) is 18.4. The summed E-state index contributed by atoms with van der Waals surface area (Å²) in [4.78, 5) is 41.6. The van der Waals surface area contributed by atoms with Gasteiger partial charge in [0, 0.05) is 37.0 Å². The standard InChI is InChI=1S/C36H45N5O5/c1-27(2)25-33(39-34(42)30-14-17-32(18-15-30)46-24-21-41-19-22-45-23-20-41)36(44)38-31(16-13-28-9-5-3-6-10-28)26-37-40-35(43)29-11-7-4-8-12-29/h3-12,14-15,17-18,26-27,31,33H,13,16,19-25H2,1-2H3,(H,38,44)(H,39,42)(H,40,43)/b37-26+/t31-,33-/m0/s1. The minimum absolute atomic E-state index is 0.153. The summed E-state index contributed by atoms with van der Waals surface area (Å²) in [5.74, 6) is -0.168. The summed E-state index contributed by atoms with van der Waals surface area (Å²) >= 11 is 0. The van der Waals surface area contributed by atoms with Gasteiger partial charge in [0.2, 0.25) is 5.91 Å². The van der Waals surface area contributed by atoms with Crippen molar-refractivity contribution in [2.75, 3.05) is 39.5 Å². The Kier molecular flexibility index (Phi) is 13.8. The van der Waals surface area contributed by atoms with E-state index in [0.717, 1.165) is 38.4 Å². The van der Waals surface area contributed by atoms with Crippen LogP contribution in [0.25, 0.3) is 0 Å². The molecule has 3 N–H and O–H groups in total. The highest BCUT2D eigenvalue weighted by Gasteiger charge is 2.24. The largest absolute Gasteiger partial charge is 0.492 e. The van der Waals surface area contributed by atoms with Crippen LogP contribution < -0.4 is 20.8 Å². The average Bonchev–Trinajstić information content (AvgIpc) is 3.08. The molecule has 2 atom stereocenters. The molecule has 0 spiro atoms. The molecule has 3 aromatic rings. The van der Waals surface area contributed by atoms with E-state index >= 15 is 0 Å². The third-order valence-electron chi connectivity index (χ3n) is 7.60. The first-order valence-corrected chi connectivity index (χ1v) is 15.9. The van der Waals surface area contributed by atoms with Crippen molar-refractivity contribution < 1.29 is 23.9 Å². The smallest absolute Gasteiger partial charge is 0.271 e. The van der Waals surface area contributed by atoms with E-state index in [1.165, 1.54) is 6.21 Å². The van der Waals surface area contributed by atoms with E-state index in [9.17, 15) is 14.4 Å². The normalized spacial score (nSPS) is 14.8. The molecule has 0 unspecified atom stereocenters. The lowest BCUT2D eigenvalue weighted by Crippen LogP contribution is -2.50. The second-order valence-electron chi connectivity index (χ2n) is 11.7. The molecule has 4 rings (SSSR count). The zero-order valence-corrected chi connectivity index (χ0v) is 26.7. The fourth-order valence-corrected chi connectivity index (χ4v) is 5.04. The van der Waals surface area contributed by atoms with Crippen LogP contribution in [0.2, 0.25) is 0 Å². The Morgan fingerprint density at radius 1 is 0.870 bits per heavy atom. The summed E-state index contributed by atoms with van der Waals surface area (Å²) in [5, 5.41) is 10.1. The number of carbonyl (C=O) groups is 3. The summed E-state index contributed by atoms with van der Waals surface area (Å²) in [7, 11) is 0. The van der Waals surface area contributed by atoms with Crippen LogP contribution in [0.1, 0.15) is 53.0 Å². The van der Waals surface area contributed by atoms with Gasteiger partial charge in [0.05, 0.1) is 19.3 Å². The number of morpholine rings is 1. The van der Waals surface area contributed by atoms with Gasteiger partial charge in [-0.2, -0.15) is 5.10 Å². The summed E-state index contributed by atoms with van der Waals surface area (Å²) in [6.45, 7) is 8.66. The molecule has 10 nitrogen and oxygen atoms in total. The minimum Gasteiger partial charge on any atom is -0.492 e. The first kappa shape index (κ1) is 34.3. The molecule has 3 amide bonds. The molecule has 0 bridgehead atoms. The predicted molar refractivity (Wildman–Crippen MR) is 179 cm³/mol. The van der Waals surface area contributed by atoms with E-state index in [0.29, 0.717) is 42.7 Å². The minimum atomic E-state index is -0.761. The lowest BCUT2D eigenvalue weighted by atomic mass is 10.0. The zero-order valence-electron chi connectivity index (χ0n) is 26.7. The maximum Gasteiger partial charge on any atom is 0.271 e. The van der Waals surface area contributed by atoms with Crippen molar-refractivity contribution in [2.24, 2.45) is 11.0 Å². The molecule has 10 heteroatoms. The fraction of sp³-hybridized carbons (Fsp3) is 0.389. The van der Waals surface area contributed by atoms with Crippen LogP contribution in [0.5, 0.6) is 5.75 Å². The van der Waals surface area contributed by atoms with Gasteiger partial charge in [0.25, 0.3) is 11.8 Å². The SMILES string of the molecule is CC(C)C[C@H](NC(=O)c1ccc(OCCN2CCOCC2)cc1)C(=O)N[C@H](/C=N/NC(=O)c1ccccc1)CCc1ccccc1. The van der Waals surface area contributed by atoms with Gasteiger partial charge >= 0.3 is 0 Å². The molecule has 0 aliphatic carbocycles. The number of carbonyl (C=O) groups excluding carboxylic acids is 3. The number of rotatable bonds is 16. The number of hydrogen-bond acceptors (Lipinski definition) is 7. The number of nitrogens with zero attached hydrogens (tertiary/aromatic N) is 2. The van der Waals surface area contributed by atoms with E-state index < -0.39 is 12.1 Å². The molecule has 0 aromatic heterocycles. The average molecular weight is 628 g/mol. The number of benzene rings is 3. The lowest BCUT2D eigenvalue weighted by molar-refractivity contribution is -0.123. The summed E-state index contributed by atoms with van der Waals surface area (Å²) in [5.41, 5.74) is 4.58. The highest BCUT2D eigenvalue weighted by molar-refractivity contribution is 5.98. The van der Waals surface area contributed by atoms with Crippen LogP contribution in [-0.4, -0.2) is 80.4 Å². The quantitative estimate of drug-likeness (QED) is 0.163. The number of hydrazone groups is 1. The van der Waals surface area contributed by atoms with Crippen molar-refractivity contribution in [1.29, 1.82) is 0 Å². The monoisotopic (exact) mass is 627 g/mol. The zero-order chi connectivity index (χ0) is 32.6. The van der Waals surface area contributed by atoms with Gasteiger partial charge in [-0.05, 0) is 67.1 Å². The molecule has 46 heavy (non-hydrogen) atoms. The second-order valence-corrected chi connectivity index (χ2v) is 11.7.